The molecule has 0 radical (unpaired) electrons. The van der Waals surface area contributed by atoms with Crippen molar-refractivity contribution in [1.82, 2.24) is 4.90 Å². The van der Waals surface area contributed by atoms with Crippen LogP contribution in [-0.2, 0) is 6.54 Å². The molecule has 0 amide bonds. The van der Waals surface area contributed by atoms with Crippen molar-refractivity contribution >= 4 is 0 Å². The first-order valence-electron chi connectivity index (χ1n) is 6.97. The summed E-state index contributed by atoms with van der Waals surface area (Å²) in [6.07, 6.45) is 3.47. The molecule has 0 spiro atoms. The van der Waals surface area contributed by atoms with Gasteiger partial charge in [0.05, 0.1) is 7.11 Å². The lowest BCUT2D eigenvalue weighted by Gasteiger charge is -2.31. The first kappa shape index (κ1) is 14.3. The van der Waals surface area contributed by atoms with Crippen molar-refractivity contribution < 1.29 is 9.13 Å². The smallest absolute Gasteiger partial charge is 0.131 e. The summed E-state index contributed by atoms with van der Waals surface area (Å²) in [6, 6.07) is 5.09. The predicted molar refractivity (Wildman–Crippen MR) is 74.6 cm³/mol. The van der Waals surface area contributed by atoms with E-state index in [-0.39, 0.29) is 5.82 Å². The Morgan fingerprint density at radius 1 is 1.37 bits per heavy atom. The van der Waals surface area contributed by atoms with Crippen LogP contribution < -0.4 is 10.5 Å². The molecule has 0 bridgehead atoms. The van der Waals surface area contributed by atoms with E-state index in [4.69, 9.17) is 10.5 Å². The molecule has 0 aromatic heterocycles. The molecular formula is C15H23FN2O. The Balaban J connectivity index is 1.88. The van der Waals surface area contributed by atoms with Gasteiger partial charge in [-0.05, 0) is 50.9 Å². The number of halogens is 1. The number of ether oxygens (including phenoxy) is 1. The average Bonchev–Trinajstić information content (AvgIpc) is 2.43. The SMILES string of the molecule is COc1ccc(CN2CCC(CCN)CC2)c(F)c1. The number of nitrogens with two attached hydrogens (primary N) is 1. The first-order chi connectivity index (χ1) is 9.22. The van der Waals surface area contributed by atoms with Crippen LogP contribution in [0.3, 0.4) is 0 Å². The minimum atomic E-state index is -0.177. The Bertz CT molecular complexity index is 403. The van der Waals surface area contributed by atoms with E-state index in [2.05, 4.69) is 4.90 Å². The second-order valence-corrected chi connectivity index (χ2v) is 5.25. The molecule has 0 atom stereocenters. The van der Waals surface area contributed by atoms with Gasteiger partial charge in [0.15, 0.2) is 0 Å². The van der Waals surface area contributed by atoms with Crippen molar-refractivity contribution in [2.24, 2.45) is 11.7 Å². The fraction of sp³-hybridized carbons (Fsp3) is 0.600. The number of rotatable bonds is 5. The summed E-state index contributed by atoms with van der Waals surface area (Å²) in [5.41, 5.74) is 6.34. The van der Waals surface area contributed by atoms with E-state index in [0.29, 0.717) is 12.3 Å². The van der Waals surface area contributed by atoms with E-state index in [1.165, 1.54) is 18.9 Å². The molecule has 106 valence electrons. The van der Waals surface area contributed by atoms with E-state index in [1.807, 2.05) is 12.1 Å². The maximum absolute atomic E-state index is 13.9. The number of methoxy groups -OCH3 is 1. The van der Waals surface area contributed by atoms with Crippen molar-refractivity contribution in [2.45, 2.75) is 25.8 Å². The molecule has 1 aliphatic rings. The zero-order chi connectivity index (χ0) is 13.7. The minimum Gasteiger partial charge on any atom is -0.497 e. The van der Waals surface area contributed by atoms with E-state index in [1.54, 1.807) is 7.11 Å². The second-order valence-electron chi connectivity index (χ2n) is 5.25. The molecule has 1 aliphatic heterocycles. The van der Waals surface area contributed by atoms with Gasteiger partial charge in [0, 0.05) is 18.2 Å². The summed E-state index contributed by atoms with van der Waals surface area (Å²) >= 11 is 0. The van der Waals surface area contributed by atoms with Crippen LogP contribution >= 0.6 is 0 Å². The van der Waals surface area contributed by atoms with E-state index in [0.717, 1.165) is 37.5 Å². The van der Waals surface area contributed by atoms with Crippen LogP contribution in [0.15, 0.2) is 18.2 Å². The third-order valence-electron chi connectivity index (χ3n) is 3.94. The molecule has 4 heteroatoms. The number of nitrogens with zero attached hydrogens (tertiary/aromatic N) is 1. The van der Waals surface area contributed by atoms with Gasteiger partial charge in [-0.25, -0.2) is 4.39 Å². The fourth-order valence-corrected chi connectivity index (χ4v) is 2.69. The van der Waals surface area contributed by atoms with Gasteiger partial charge < -0.3 is 10.5 Å². The summed E-state index contributed by atoms with van der Waals surface area (Å²) in [7, 11) is 1.55. The highest BCUT2D eigenvalue weighted by Crippen LogP contribution is 2.23. The van der Waals surface area contributed by atoms with Crippen LogP contribution in [0.25, 0.3) is 0 Å². The topological polar surface area (TPSA) is 38.5 Å². The molecule has 1 heterocycles. The quantitative estimate of drug-likeness (QED) is 0.889. The molecule has 0 aliphatic carbocycles. The van der Waals surface area contributed by atoms with Gasteiger partial charge in [-0.1, -0.05) is 6.07 Å². The Hall–Kier alpha value is -1.13. The Morgan fingerprint density at radius 3 is 2.68 bits per heavy atom. The molecule has 1 saturated heterocycles. The molecule has 1 aromatic rings. The first-order valence-corrected chi connectivity index (χ1v) is 6.97. The lowest BCUT2D eigenvalue weighted by atomic mass is 9.93. The Kier molecular flexibility index (Phi) is 5.16. The summed E-state index contributed by atoms with van der Waals surface area (Å²) in [5.74, 6) is 1.15. The van der Waals surface area contributed by atoms with Gasteiger partial charge >= 0.3 is 0 Å². The lowest BCUT2D eigenvalue weighted by molar-refractivity contribution is 0.172. The highest BCUT2D eigenvalue weighted by Gasteiger charge is 2.19. The summed E-state index contributed by atoms with van der Waals surface area (Å²) < 4.78 is 18.9. The van der Waals surface area contributed by atoms with Crippen LogP contribution in [0.2, 0.25) is 0 Å². The normalized spacial score (nSPS) is 17.6. The molecule has 2 rings (SSSR count). The van der Waals surface area contributed by atoms with Crippen LogP contribution in [-0.4, -0.2) is 31.6 Å². The van der Waals surface area contributed by atoms with Gasteiger partial charge in [0.1, 0.15) is 11.6 Å². The van der Waals surface area contributed by atoms with E-state index >= 15 is 0 Å². The van der Waals surface area contributed by atoms with Gasteiger partial charge in [-0.2, -0.15) is 0 Å². The summed E-state index contributed by atoms with van der Waals surface area (Å²) in [5, 5.41) is 0. The Labute approximate surface area is 114 Å². The molecule has 19 heavy (non-hydrogen) atoms. The molecule has 1 fully saturated rings. The standard InChI is InChI=1S/C15H23FN2O/c1-19-14-3-2-13(15(16)10-14)11-18-8-5-12(4-7-17)6-9-18/h2-3,10,12H,4-9,11,17H2,1H3. The van der Waals surface area contributed by atoms with Crippen molar-refractivity contribution in [3.63, 3.8) is 0 Å². The van der Waals surface area contributed by atoms with E-state index in [9.17, 15) is 4.39 Å². The molecule has 3 nitrogen and oxygen atoms in total. The number of benzene rings is 1. The maximum atomic E-state index is 13.9. The van der Waals surface area contributed by atoms with Crippen LogP contribution in [0.1, 0.15) is 24.8 Å². The summed E-state index contributed by atoms with van der Waals surface area (Å²) in [6.45, 7) is 3.54. The zero-order valence-electron chi connectivity index (χ0n) is 11.6. The average molecular weight is 266 g/mol. The highest BCUT2D eigenvalue weighted by molar-refractivity contribution is 5.28. The predicted octanol–water partition coefficient (Wildman–Crippen LogP) is 2.40. The zero-order valence-corrected chi connectivity index (χ0v) is 11.6. The van der Waals surface area contributed by atoms with Crippen molar-refractivity contribution in [2.75, 3.05) is 26.7 Å². The summed E-state index contributed by atoms with van der Waals surface area (Å²) in [4.78, 5) is 2.32. The third-order valence-corrected chi connectivity index (χ3v) is 3.94. The van der Waals surface area contributed by atoms with Gasteiger partial charge in [0.25, 0.3) is 0 Å². The molecule has 0 unspecified atom stereocenters. The van der Waals surface area contributed by atoms with Crippen LogP contribution in [0.5, 0.6) is 5.75 Å². The molecular weight excluding hydrogens is 243 g/mol. The van der Waals surface area contributed by atoms with Gasteiger partial charge in [0.2, 0.25) is 0 Å². The molecule has 2 N–H and O–H groups in total. The van der Waals surface area contributed by atoms with Crippen molar-refractivity contribution in [1.29, 1.82) is 0 Å². The fourth-order valence-electron chi connectivity index (χ4n) is 2.69. The maximum Gasteiger partial charge on any atom is 0.131 e. The van der Waals surface area contributed by atoms with Crippen LogP contribution in [0, 0.1) is 11.7 Å². The van der Waals surface area contributed by atoms with Crippen molar-refractivity contribution in [3.05, 3.63) is 29.6 Å². The largest absolute Gasteiger partial charge is 0.497 e. The number of likely N-dealkylation sites (tertiary alicyclic amines) is 1. The number of hydrogen-bond donors (Lipinski definition) is 1. The monoisotopic (exact) mass is 266 g/mol. The molecule has 1 aromatic carbocycles. The number of piperidine rings is 1. The van der Waals surface area contributed by atoms with E-state index < -0.39 is 0 Å². The second kappa shape index (κ2) is 6.87. The van der Waals surface area contributed by atoms with Crippen molar-refractivity contribution in [3.8, 4) is 5.75 Å². The van der Waals surface area contributed by atoms with Crippen LogP contribution in [0.4, 0.5) is 4.39 Å². The lowest BCUT2D eigenvalue weighted by Crippen LogP contribution is -2.34. The van der Waals surface area contributed by atoms with Gasteiger partial charge in [-0.3, -0.25) is 4.90 Å². The highest BCUT2D eigenvalue weighted by atomic mass is 19.1. The van der Waals surface area contributed by atoms with Gasteiger partial charge in [-0.15, -0.1) is 0 Å². The molecule has 0 saturated carbocycles. The number of hydrogen-bond acceptors (Lipinski definition) is 3. The Morgan fingerprint density at radius 2 is 2.11 bits per heavy atom. The minimum absolute atomic E-state index is 0.177. The third kappa shape index (κ3) is 3.91.